The molecule has 2 aliphatic rings. The number of quaternary nitrogens is 2. The van der Waals surface area contributed by atoms with E-state index in [2.05, 4.69) is 13.1 Å². The summed E-state index contributed by atoms with van der Waals surface area (Å²) in [5.41, 5.74) is 6.04. The van der Waals surface area contributed by atoms with E-state index in [1.165, 1.54) is 24.0 Å². The van der Waals surface area contributed by atoms with Gasteiger partial charge in [0.15, 0.2) is 23.0 Å². The highest BCUT2D eigenvalue weighted by Gasteiger charge is 2.39. The fourth-order valence-corrected chi connectivity index (χ4v) is 8.51. The molecule has 1 saturated heterocycles. The highest BCUT2D eigenvalue weighted by Crippen LogP contribution is 2.40. The second kappa shape index (κ2) is 20.0. The van der Waals surface area contributed by atoms with E-state index < -0.39 is 11.9 Å². The minimum Gasteiger partial charge on any atom is -0.493 e. The van der Waals surface area contributed by atoms with E-state index in [0.717, 1.165) is 96.7 Å². The third-order valence-electron chi connectivity index (χ3n) is 11.6. The predicted octanol–water partition coefficient (Wildman–Crippen LogP) is 5.23. The molecule has 0 radical (unpaired) electrons. The molecule has 2 heterocycles. The van der Waals surface area contributed by atoms with E-state index in [0.29, 0.717) is 34.6 Å². The SMILES string of the molecule is COc1ccc(C[C@@H]2c3cc(CO)c(CO)cc3CC[N@@+]2(C)CCCOC(=O)C=CC(=O)OCCC[N+]2(Cc3ccc(OC)c(OC)c3)CCCC2)cc1OC. The topological polar surface area (TPSA) is 130 Å². The first kappa shape index (κ1) is 42.5. The zero-order chi connectivity index (χ0) is 40.1. The number of hydrogen-bond donors (Lipinski definition) is 2. The molecule has 0 unspecified atom stereocenters. The molecule has 0 aromatic heterocycles. The van der Waals surface area contributed by atoms with Crippen molar-refractivity contribution in [1.29, 1.82) is 0 Å². The Morgan fingerprint density at radius 3 is 1.80 bits per heavy atom. The summed E-state index contributed by atoms with van der Waals surface area (Å²) < 4.78 is 34.5. The Morgan fingerprint density at radius 1 is 0.696 bits per heavy atom. The predicted molar refractivity (Wildman–Crippen MR) is 212 cm³/mol. The van der Waals surface area contributed by atoms with E-state index >= 15 is 0 Å². The quantitative estimate of drug-likeness (QED) is 0.0682. The molecular formula is C44H60N2O10+2. The van der Waals surface area contributed by atoms with E-state index in [9.17, 15) is 19.8 Å². The number of hydrogen-bond acceptors (Lipinski definition) is 10. The number of nitrogens with zero attached hydrogens (tertiary/aromatic N) is 2. The number of carbonyl (C=O) groups is 2. The molecule has 2 atom stereocenters. The number of ether oxygens (including phenoxy) is 6. The van der Waals surface area contributed by atoms with Crippen LogP contribution in [0.2, 0.25) is 0 Å². The molecule has 5 rings (SSSR count). The normalized spacial score (nSPS) is 18.7. The minimum absolute atomic E-state index is 0.0357. The maximum absolute atomic E-state index is 12.6. The van der Waals surface area contributed by atoms with Gasteiger partial charge in [-0.2, -0.15) is 0 Å². The van der Waals surface area contributed by atoms with Gasteiger partial charge in [0.2, 0.25) is 0 Å². The summed E-state index contributed by atoms with van der Waals surface area (Å²) >= 11 is 0. The van der Waals surface area contributed by atoms with Crippen LogP contribution in [0.1, 0.15) is 65.1 Å². The van der Waals surface area contributed by atoms with Gasteiger partial charge in [-0.25, -0.2) is 9.59 Å². The smallest absolute Gasteiger partial charge is 0.331 e. The van der Waals surface area contributed by atoms with E-state index in [4.69, 9.17) is 28.4 Å². The van der Waals surface area contributed by atoms with Crippen molar-refractivity contribution in [1.82, 2.24) is 0 Å². The number of likely N-dealkylation sites (N-methyl/N-ethyl adjacent to an activating group) is 1. The number of fused-ring (bicyclic) bond motifs is 1. The number of carbonyl (C=O) groups excluding carboxylic acids is 2. The van der Waals surface area contributed by atoms with Crippen molar-refractivity contribution in [3.63, 3.8) is 0 Å². The van der Waals surface area contributed by atoms with Gasteiger partial charge in [-0.1, -0.05) is 12.1 Å². The van der Waals surface area contributed by atoms with Crippen molar-refractivity contribution in [2.24, 2.45) is 0 Å². The second-order valence-corrected chi connectivity index (χ2v) is 15.2. The first-order valence-corrected chi connectivity index (χ1v) is 19.6. The Labute approximate surface area is 331 Å². The molecule has 3 aromatic rings. The average Bonchev–Trinajstić information content (AvgIpc) is 3.68. The van der Waals surface area contributed by atoms with Crippen LogP contribution in [0.5, 0.6) is 23.0 Å². The van der Waals surface area contributed by atoms with Crippen molar-refractivity contribution in [3.05, 3.63) is 94.1 Å². The summed E-state index contributed by atoms with van der Waals surface area (Å²) in [5.74, 6) is 1.59. The van der Waals surface area contributed by atoms with E-state index in [1.54, 1.807) is 28.4 Å². The van der Waals surface area contributed by atoms with Gasteiger partial charge in [0.1, 0.15) is 12.6 Å². The standard InChI is InChI=1S/C44H60N2O10/c1-45(21-16-34-27-35(30-47)36(31-48)28-37(34)38(45)24-32-10-12-39(51-2)41(25-32)53-4)17-8-22-55-43(49)14-15-44(50)56-23-9-20-46(18-6-7-19-46)29-33-11-13-40(52-3)42(26-33)54-5/h10-15,25-28,38,47-48H,6-9,16-24,29-31H2,1-5H3/q+2/t38-,45-/m1/s1. The van der Waals surface area contributed by atoms with Crippen LogP contribution in [-0.4, -0.2) is 113 Å². The Morgan fingerprint density at radius 2 is 1.23 bits per heavy atom. The van der Waals surface area contributed by atoms with E-state index in [1.807, 2.05) is 42.5 Å². The van der Waals surface area contributed by atoms with Gasteiger partial charge in [-0.15, -0.1) is 0 Å². The molecule has 0 aliphatic carbocycles. The Bertz CT molecular complexity index is 1820. The number of esters is 2. The van der Waals surface area contributed by atoms with Crippen LogP contribution in [0.25, 0.3) is 0 Å². The Hall–Kier alpha value is -4.62. The lowest BCUT2D eigenvalue weighted by atomic mass is 9.84. The molecule has 12 heteroatoms. The van der Waals surface area contributed by atoms with Crippen LogP contribution in [-0.2, 0) is 51.7 Å². The lowest BCUT2D eigenvalue weighted by molar-refractivity contribution is -0.941. The molecule has 0 amide bonds. The molecule has 12 nitrogen and oxygen atoms in total. The monoisotopic (exact) mass is 776 g/mol. The average molecular weight is 777 g/mol. The highest BCUT2D eigenvalue weighted by molar-refractivity contribution is 5.91. The third-order valence-corrected chi connectivity index (χ3v) is 11.6. The fraction of sp³-hybridized carbons (Fsp3) is 0.500. The first-order chi connectivity index (χ1) is 27.1. The Balaban J connectivity index is 1.12. The van der Waals surface area contributed by atoms with Crippen molar-refractivity contribution in [2.75, 3.05) is 81.4 Å². The van der Waals surface area contributed by atoms with Crippen LogP contribution in [0.15, 0.2) is 60.7 Å². The largest absolute Gasteiger partial charge is 0.493 e. The second-order valence-electron chi connectivity index (χ2n) is 15.2. The van der Waals surface area contributed by atoms with E-state index in [-0.39, 0.29) is 32.5 Å². The molecular weight excluding hydrogens is 716 g/mol. The van der Waals surface area contributed by atoms with Crippen molar-refractivity contribution in [2.45, 2.75) is 64.3 Å². The number of likely N-dealkylation sites (tertiary alicyclic amines) is 1. The fourth-order valence-electron chi connectivity index (χ4n) is 8.51. The number of rotatable bonds is 20. The first-order valence-electron chi connectivity index (χ1n) is 19.6. The molecule has 3 aromatic carbocycles. The minimum atomic E-state index is -0.587. The zero-order valence-electron chi connectivity index (χ0n) is 33.7. The van der Waals surface area contributed by atoms with Crippen molar-refractivity contribution in [3.8, 4) is 23.0 Å². The molecule has 0 saturated carbocycles. The zero-order valence-corrected chi connectivity index (χ0v) is 33.7. The van der Waals surface area contributed by atoms with Gasteiger partial charge < -0.3 is 47.6 Å². The lowest BCUT2D eigenvalue weighted by Gasteiger charge is -2.46. The van der Waals surface area contributed by atoms with Crippen LogP contribution in [0, 0.1) is 0 Å². The molecule has 1 fully saturated rings. The molecule has 56 heavy (non-hydrogen) atoms. The van der Waals surface area contributed by atoms with Gasteiger partial charge in [-0.05, 0) is 58.7 Å². The molecule has 0 bridgehead atoms. The van der Waals surface area contributed by atoms with Crippen LogP contribution < -0.4 is 18.9 Å². The third kappa shape index (κ3) is 10.6. The van der Waals surface area contributed by atoms with Gasteiger partial charge >= 0.3 is 11.9 Å². The summed E-state index contributed by atoms with van der Waals surface area (Å²) in [7, 11) is 8.73. The van der Waals surface area contributed by atoms with Gasteiger partial charge in [0.05, 0.1) is 94.6 Å². The maximum atomic E-state index is 12.6. The maximum Gasteiger partial charge on any atom is 0.331 e. The van der Waals surface area contributed by atoms with Crippen LogP contribution in [0.4, 0.5) is 0 Å². The summed E-state index contributed by atoms with van der Waals surface area (Å²) in [6, 6.07) is 16.1. The summed E-state index contributed by atoms with van der Waals surface area (Å²) in [6.45, 7) is 5.69. The van der Waals surface area contributed by atoms with Crippen LogP contribution in [0.3, 0.4) is 0 Å². The summed E-state index contributed by atoms with van der Waals surface area (Å²) in [6.07, 6.45) is 7.46. The number of aliphatic hydroxyl groups is 2. The number of benzene rings is 3. The summed E-state index contributed by atoms with van der Waals surface area (Å²) in [4.78, 5) is 25.1. The van der Waals surface area contributed by atoms with Gasteiger partial charge in [0.25, 0.3) is 0 Å². The van der Waals surface area contributed by atoms with Crippen LogP contribution >= 0.6 is 0 Å². The van der Waals surface area contributed by atoms with Crippen molar-refractivity contribution < 1.29 is 57.2 Å². The van der Waals surface area contributed by atoms with Gasteiger partial charge in [-0.3, -0.25) is 0 Å². The molecule has 304 valence electrons. The lowest BCUT2D eigenvalue weighted by Crippen LogP contribution is -2.52. The highest BCUT2D eigenvalue weighted by atomic mass is 16.5. The molecule has 2 N–H and O–H groups in total. The summed E-state index contributed by atoms with van der Waals surface area (Å²) in [5, 5.41) is 20.1. The molecule has 0 spiro atoms. The Kier molecular flexibility index (Phi) is 15.2. The number of aliphatic hydroxyl groups excluding tert-OH is 2. The van der Waals surface area contributed by atoms with Crippen molar-refractivity contribution >= 4 is 11.9 Å². The number of methoxy groups -OCH3 is 4. The van der Waals surface area contributed by atoms with Gasteiger partial charge in [0, 0.05) is 61.8 Å². The molecule has 2 aliphatic heterocycles.